The molecule has 2 rings (SSSR count). The number of hydrazine groups is 1. The molecule has 98 valence electrons. The van der Waals surface area contributed by atoms with Gasteiger partial charge < -0.3 is 15.1 Å². The van der Waals surface area contributed by atoms with Crippen molar-refractivity contribution in [1.82, 2.24) is 9.88 Å². The summed E-state index contributed by atoms with van der Waals surface area (Å²) >= 11 is 0. The lowest BCUT2D eigenvalue weighted by Gasteiger charge is -2.35. The van der Waals surface area contributed by atoms with Gasteiger partial charge in [0.2, 0.25) is 0 Å². The van der Waals surface area contributed by atoms with Crippen LogP contribution in [0.25, 0.3) is 0 Å². The fourth-order valence-corrected chi connectivity index (χ4v) is 2.20. The quantitative estimate of drug-likeness (QED) is 0.594. The first-order valence-corrected chi connectivity index (χ1v) is 5.97. The van der Waals surface area contributed by atoms with Crippen LogP contribution in [-0.2, 0) is 4.74 Å². The Balaban J connectivity index is 2.20. The lowest BCUT2D eigenvalue weighted by atomic mass is 10.1. The Kier molecular flexibility index (Phi) is 3.78. The second-order valence-electron chi connectivity index (χ2n) is 4.53. The van der Waals surface area contributed by atoms with E-state index in [1.165, 1.54) is 6.20 Å². The van der Waals surface area contributed by atoms with Crippen molar-refractivity contribution in [3.05, 3.63) is 24.0 Å². The molecule has 18 heavy (non-hydrogen) atoms. The lowest BCUT2D eigenvalue weighted by molar-refractivity contribution is -0.0586. The minimum Gasteiger partial charge on any atom is -0.372 e. The molecule has 1 amide bonds. The molecule has 1 aromatic heterocycles. The highest BCUT2D eigenvalue weighted by Crippen LogP contribution is 2.18. The van der Waals surface area contributed by atoms with Crippen molar-refractivity contribution < 1.29 is 9.53 Å². The van der Waals surface area contributed by atoms with E-state index in [4.69, 9.17) is 10.6 Å². The van der Waals surface area contributed by atoms with Gasteiger partial charge in [0.1, 0.15) is 0 Å². The molecule has 1 aliphatic rings. The van der Waals surface area contributed by atoms with Crippen molar-refractivity contribution in [2.45, 2.75) is 26.1 Å². The topological polar surface area (TPSA) is 80.5 Å². The Morgan fingerprint density at radius 1 is 1.50 bits per heavy atom. The zero-order chi connectivity index (χ0) is 13.1. The van der Waals surface area contributed by atoms with E-state index in [1.807, 2.05) is 13.8 Å². The molecule has 1 aromatic rings. The summed E-state index contributed by atoms with van der Waals surface area (Å²) < 4.78 is 5.61. The highest BCUT2D eigenvalue weighted by atomic mass is 16.5. The third-order valence-corrected chi connectivity index (χ3v) is 2.91. The Bertz CT molecular complexity index is 428. The van der Waals surface area contributed by atoms with E-state index in [9.17, 15) is 4.79 Å². The second kappa shape index (κ2) is 5.32. The second-order valence-corrected chi connectivity index (χ2v) is 4.53. The van der Waals surface area contributed by atoms with E-state index < -0.39 is 0 Å². The Morgan fingerprint density at radius 3 is 2.78 bits per heavy atom. The van der Waals surface area contributed by atoms with Gasteiger partial charge in [-0.3, -0.25) is 15.6 Å². The Morgan fingerprint density at radius 2 is 2.17 bits per heavy atom. The fraction of sp³-hybridized carbons (Fsp3) is 0.500. The summed E-state index contributed by atoms with van der Waals surface area (Å²) in [5, 5.41) is 0. The zero-order valence-electron chi connectivity index (χ0n) is 10.6. The smallest absolute Gasteiger partial charge is 0.257 e. The van der Waals surface area contributed by atoms with Gasteiger partial charge in [-0.15, -0.1) is 0 Å². The predicted molar refractivity (Wildman–Crippen MR) is 68.0 cm³/mol. The fourth-order valence-electron chi connectivity index (χ4n) is 2.20. The summed E-state index contributed by atoms with van der Waals surface area (Å²) in [6, 6.07) is 1.68. The number of nitrogens with one attached hydrogen (secondary N) is 1. The number of anilines is 1. The number of hydrogen-bond acceptors (Lipinski definition) is 5. The number of aromatic nitrogens is 1. The third-order valence-electron chi connectivity index (χ3n) is 2.91. The zero-order valence-corrected chi connectivity index (χ0v) is 10.6. The molecule has 0 radical (unpaired) electrons. The molecular weight excluding hydrogens is 232 g/mol. The van der Waals surface area contributed by atoms with Crippen molar-refractivity contribution >= 4 is 11.6 Å². The number of rotatable bonds is 2. The number of nitrogen functional groups attached to an aromatic ring is 1. The van der Waals surface area contributed by atoms with Gasteiger partial charge in [0, 0.05) is 25.5 Å². The van der Waals surface area contributed by atoms with Gasteiger partial charge in [-0.05, 0) is 19.9 Å². The molecule has 6 heteroatoms. The standard InChI is InChI=1S/C12H18N4O2/c1-8-6-16(7-9(2)18-8)12(17)10-5-14-4-3-11(10)15-13/h3-5,8-9H,6-7,13H2,1-2H3,(H,14,15)/t8-,9+. The minimum absolute atomic E-state index is 0.0451. The average molecular weight is 250 g/mol. The largest absolute Gasteiger partial charge is 0.372 e. The number of hydrogen-bond donors (Lipinski definition) is 2. The van der Waals surface area contributed by atoms with Gasteiger partial charge in [0.25, 0.3) is 5.91 Å². The van der Waals surface area contributed by atoms with Crippen LogP contribution in [-0.4, -0.2) is 41.1 Å². The van der Waals surface area contributed by atoms with Crippen LogP contribution in [0.5, 0.6) is 0 Å². The summed E-state index contributed by atoms with van der Waals surface area (Å²) in [7, 11) is 0. The first-order chi connectivity index (χ1) is 8.61. The molecule has 3 N–H and O–H groups in total. The average Bonchev–Trinajstić information content (AvgIpc) is 2.36. The Hall–Kier alpha value is -1.66. The van der Waals surface area contributed by atoms with E-state index in [0.717, 1.165) is 0 Å². The molecule has 2 heterocycles. The van der Waals surface area contributed by atoms with Crippen molar-refractivity contribution in [2.24, 2.45) is 5.84 Å². The van der Waals surface area contributed by atoms with E-state index in [1.54, 1.807) is 17.2 Å². The maximum atomic E-state index is 12.4. The van der Waals surface area contributed by atoms with Gasteiger partial charge in [-0.1, -0.05) is 0 Å². The molecule has 0 aromatic carbocycles. The number of ether oxygens (including phenoxy) is 1. The van der Waals surface area contributed by atoms with Crippen LogP contribution < -0.4 is 11.3 Å². The van der Waals surface area contributed by atoms with Crippen LogP contribution >= 0.6 is 0 Å². The lowest BCUT2D eigenvalue weighted by Crippen LogP contribution is -2.48. The summed E-state index contributed by atoms with van der Waals surface area (Å²) in [5.41, 5.74) is 3.59. The van der Waals surface area contributed by atoms with Gasteiger partial charge in [-0.25, -0.2) is 0 Å². The SMILES string of the molecule is C[C@@H]1CN(C(=O)c2cnccc2NN)C[C@H](C)O1. The molecule has 0 saturated carbocycles. The van der Waals surface area contributed by atoms with Crippen LogP contribution in [0.1, 0.15) is 24.2 Å². The molecule has 1 aliphatic heterocycles. The monoisotopic (exact) mass is 250 g/mol. The van der Waals surface area contributed by atoms with Crippen LogP contribution in [0.4, 0.5) is 5.69 Å². The molecule has 1 fully saturated rings. The maximum absolute atomic E-state index is 12.4. The maximum Gasteiger partial charge on any atom is 0.257 e. The number of nitrogens with zero attached hydrogens (tertiary/aromatic N) is 2. The molecule has 2 atom stereocenters. The normalized spacial score (nSPS) is 23.8. The highest BCUT2D eigenvalue weighted by molar-refractivity contribution is 5.99. The first-order valence-electron chi connectivity index (χ1n) is 5.97. The minimum atomic E-state index is -0.0712. The van der Waals surface area contributed by atoms with Gasteiger partial charge in [0.05, 0.1) is 23.5 Å². The molecule has 0 spiro atoms. The van der Waals surface area contributed by atoms with Crippen LogP contribution in [0, 0.1) is 0 Å². The Labute approximate surface area is 106 Å². The number of carbonyl (C=O) groups is 1. The first kappa shape index (κ1) is 12.8. The van der Waals surface area contributed by atoms with E-state index in [2.05, 4.69) is 10.4 Å². The molecule has 0 unspecified atom stereocenters. The van der Waals surface area contributed by atoms with Crippen molar-refractivity contribution in [1.29, 1.82) is 0 Å². The third kappa shape index (κ3) is 2.60. The van der Waals surface area contributed by atoms with Crippen molar-refractivity contribution in [2.75, 3.05) is 18.5 Å². The van der Waals surface area contributed by atoms with E-state index in [-0.39, 0.29) is 18.1 Å². The van der Waals surface area contributed by atoms with Crippen LogP contribution in [0.2, 0.25) is 0 Å². The number of morpholine rings is 1. The number of pyridine rings is 1. The number of nitrogens with two attached hydrogens (primary N) is 1. The highest BCUT2D eigenvalue weighted by Gasteiger charge is 2.27. The van der Waals surface area contributed by atoms with Crippen LogP contribution in [0.15, 0.2) is 18.5 Å². The number of carbonyl (C=O) groups excluding carboxylic acids is 1. The molecule has 0 aliphatic carbocycles. The summed E-state index contributed by atoms with van der Waals surface area (Å²) in [6.07, 6.45) is 3.21. The molecule has 1 saturated heterocycles. The van der Waals surface area contributed by atoms with Gasteiger partial charge >= 0.3 is 0 Å². The van der Waals surface area contributed by atoms with E-state index >= 15 is 0 Å². The van der Waals surface area contributed by atoms with Crippen molar-refractivity contribution in [3.63, 3.8) is 0 Å². The molecule has 6 nitrogen and oxygen atoms in total. The van der Waals surface area contributed by atoms with Gasteiger partial charge in [-0.2, -0.15) is 0 Å². The summed E-state index contributed by atoms with van der Waals surface area (Å²) in [6.45, 7) is 5.09. The van der Waals surface area contributed by atoms with E-state index in [0.29, 0.717) is 24.3 Å². The van der Waals surface area contributed by atoms with Crippen molar-refractivity contribution in [3.8, 4) is 0 Å². The van der Waals surface area contributed by atoms with Gasteiger partial charge in [0.15, 0.2) is 0 Å². The summed E-state index contributed by atoms with van der Waals surface area (Å²) in [5.74, 6) is 5.33. The molecular formula is C12H18N4O2. The summed E-state index contributed by atoms with van der Waals surface area (Å²) in [4.78, 5) is 18.2. The molecule has 0 bridgehead atoms. The predicted octanol–water partition coefficient (Wildman–Crippen LogP) is 0.617. The number of amides is 1. The van der Waals surface area contributed by atoms with Crippen LogP contribution in [0.3, 0.4) is 0 Å².